The smallest absolute Gasteiger partial charge is 0.332 e. The van der Waals surface area contributed by atoms with E-state index >= 15 is 0 Å². The van der Waals surface area contributed by atoms with Crippen molar-refractivity contribution in [2.45, 2.75) is 0 Å². The highest BCUT2D eigenvalue weighted by Gasteiger charge is 2.16. The second-order valence-electron chi connectivity index (χ2n) is 5.85. The van der Waals surface area contributed by atoms with Gasteiger partial charge in [-0.3, -0.25) is 13.9 Å². The molecule has 0 amide bonds. The Labute approximate surface area is 142 Å². The molecule has 0 fully saturated rings. The quantitative estimate of drug-likeness (QED) is 0.691. The highest BCUT2D eigenvalue weighted by molar-refractivity contribution is 5.77. The third kappa shape index (κ3) is 2.25. The molecule has 3 aromatic rings. The molecule has 0 spiro atoms. The molecule has 4 rings (SSSR count). The minimum atomic E-state index is -0.401. The van der Waals surface area contributed by atoms with Gasteiger partial charge in [0.1, 0.15) is 5.82 Å². The molecule has 1 aromatic carbocycles. The first kappa shape index (κ1) is 15.3. The number of nitrogens with zero attached hydrogens (tertiary/aromatic N) is 4. The first-order chi connectivity index (χ1) is 12.0. The van der Waals surface area contributed by atoms with Crippen LogP contribution in [0.1, 0.15) is 11.4 Å². The number of fused-ring (bicyclic) bond motifs is 2. The fourth-order valence-corrected chi connectivity index (χ4v) is 2.87. The maximum atomic E-state index is 12.4. The predicted molar refractivity (Wildman–Crippen MR) is 92.7 cm³/mol. The molecule has 2 aromatic heterocycles. The molecule has 8 nitrogen and oxygen atoms in total. The van der Waals surface area contributed by atoms with E-state index in [1.165, 1.54) is 11.6 Å². The van der Waals surface area contributed by atoms with E-state index in [4.69, 9.17) is 9.47 Å². The maximum absolute atomic E-state index is 12.4. The molecule has 128 valence electrons. The van der Waals surface area contributed by atoms with Gasteiger partial charge in [-0.25, -0.2) is 9.78 Å². The number of ether oxygens (including phenoxy) is 2. The number of benzene rings is 1. The van der Waals surface area contributed by atoms with E-state index in [1.807, 2.05) is 24.3 Å². The molecule has 8 heteroatoms. The Balaban J connectivity index is 1.81. The van der Waals surface area contributed by atoms with Gasteiger partial charge in [0.2, 0.25) is 6.79 Å². The molecule has 25 heavy (non-hydrogen) atoms. The van der Waals surface area contributed by atoms with Crippen molar-refractivity contribution in [3.8, 4) is 11.5 Å². The van der Waals surface area contributed by atoms with E-state index in [2.05, 4.69) is 4.98 Å². The molecule has 0 radical (unpaired) electrons. The molecule has 0 saturated carbocycles. The van der Waals surface area contributed by atoms with Crippen LogP contribution in [-0.2, 0) is 21.1 Å². The molecule has 1 aliphatic heterocycles. The summed E-state index contributed by atoms with van der Waals surface area (Å²) in [5.74, 6) is 1.99. The summed E-state index contributed by atoms with van der Waals surface area (Å²) in [4.78, 5) is 28.8. The van der Waals surface area contributed by atoms with Crippen molar-refractivity contribution in [3.63, 3.8) is 0 Å². The van der Waals surface area contributed by atoms with E-state index < -0.39 is 5.69 Å². The zero-order valence-electron chi connectivity index (χ0n) is 14.0. The SMILES string of the molecule is Cn1c(=O)c2c(nc(/C=C/c3ccc4c(c3)OCO4)n2C)n(C)c1=O. The Morgan fingerprint density at radius 1 is 1.00 bits per heavy atom. The van der Waals surface area contributed by atoms with Gasteiger partial charge in [-0.1, -0.05) is 12.1 Å². The summed E-state index contributed by atoms with van der Waals surface area (Å²) in [5.41, 5.74) is 0.895. The van der Waals surface area contributed by atoms with E-state index in [1.54, 1.807) is 24.7 Å². The molecule has 0 bridgehead atoms. The minimum Gasteiger partial charge on any atom is -0.454 e. The Hall–Kier alpha value is -3.29. The van der Waals surface area contributed by atoms with E-state index in [0.29, 0.717) is 22.7 Å². The van der Waals surface area contributed by atoms with Crippen LogP contribution >= 0.6 is 0 Å². The fourth-order valence-electron chi connectivity index (χ4n) is 2.87. The Morgan fingerprint density at radius 3 is 2.56 bits per heavy atom. The summed E-state index contributed by atoms with van der Waals surface area (Å²) in [6.07, 6.45) is 3.66. The third-order valence-electron chi connectivity index (χ3n) is 4.33. The molecule has 1 aliphatic rings. The van der Waals surface area contributed by atoms with Crippen LogP contribution in [0.5, 0.6) is 11.5 Å². The van der Waals surface area contributed by atoms with Crippen LogP contribution in [0, 0.1) is 0 Å². The first-order valence-electron chi connectivity index (χ1n) is 7.67. The molecule has 0 unspecified atom stereocenters. The van der Waals surface area contributed by atoms with Crippen molar-refractivity contribution in [2.75, 3.05) is 6.79 Å². The Kier molecular flexibility index (Phi) is 3.28. The van der Waals surface area contributed by atoms with Gasteiger partial charge in [0.05, 0.1) is 0 Å². The van der Waals surface area contributed by atoms with Crippen LogP contribution in [0.4, 0.5) is 0 Å². The molecule has 0 aliphatic carbocycles. The molecule has 3 heterocycles. The Bertz CT molecular complexity index is 1150. The summed E-state index contributed by atoms with van der Waals surface area (Å²) in [7, 11) is 4.81. The number of hydrogen-bond acceptors (Lipinski definition) is 5. The minimum absolute atomic E-state index is 0.227. The predicted octanol–water partition coefficient (Wildman–Crippen LogP) is 0.870. The van der Waals surface area contributed by atoms with Gasteiger partial charge >= 0.3 is 5.69 Å². The standard InChI is InChI=1S/C17H16N4O4/c1-19-13(7-5-10-4-6-11-12(8-10)25-9-24-11)18-15-14(19)16(22)21(3)17(23)20(15)2/h4-8H,9H2,1-3H3/b7-5+. The number of aryl methyl sites for hydroxylation is 2. The summed E-state index contributed by atoms with van der Waals surface area (Å²) >= 11 is 0. The van der Waals surface area contributed by atoms with Gasteiger partial charge in [-0.15, -0.1) is 0 Å². The van der Waals surface area contributed by atoms with Crippen LogP contribution in [0.15, 0.2) is 27.8 Å². The highest BCUT2D eigenvalue weighted by atomic mass is 16.7. The second-order valence-corrected chi connectivity index (χ2v) is 5.85. The summed E-state index contributed by atoms with van der Waals surface area (Å²) < 4.78 is 14.8. The van der Waals surface area contributed by atoms with Crippen LogP contribution in [0.2, 0.25) is 0 Å². The monoisotopic (exact) mass is 340 g/mol. The van der Waals surface area contributed by atoms with Gasteiger partial charge in [-0.2, -0.15) is 0 Å². The zero-order valence-corrected chi connectivity index (χ0v) is 14.0. The van der Waals surface area contributed by atoms with Gasteiger partial charge < -0.3 is 14.0 Å². The number of aromatic nitrogens is 4. The van der Waals surface area contributed by atoms with Crippen LogP contribution in [0.25, 0.3) is 23.3 Å². The molecule has 0 atom stereocenters. The van der Waals surface area contributed by atoms with Crippen molar-refractivity contribution in [1.29, 1.82) is 0 Å². The van der Waals surface area contributed by atoms with Crippen LogP contribution in [-0.4, -0.2) is 25.5 Å². The third-order valence-corrected chi connectivity index (χ3v) is 4.33. The lowest BCUT2D eigenvalue weighted by Gasteiger charge is -2.03. The first-order valence-corrected chi connectivity index (χ1v) is 7.67. The van der Waals surface area contributed by atoms with Gasteiger partial charge in [0, 0.05) is 21.1 Å². The normalized spacial score (nSPS) is 13.2. The maximum Gasteiger partial charge on any atom is 0.332 e. The lowest BCUT2D eigenvalue weighted by molar-refractivity contribution is 0.174. The van der Waals surface area contributed by atoms with Crippen molar-refractivity contribution in [3.05, 3.63) is 50.4 Å². The summed E-state index contributed by atoms with van der Waals surface area (Å²) in [6.45, 7) is 0.227. The summed E-state index contributed by atoms with van der Waals surface area (Å²) in [5, 5.41) is 0. The fraction of sp³-hybridized carbons (Fsp3) is 0.235. The van der Waals surface area contributed by atoms with Gasteiger partial charge in [0.25, 0.3) is 5.56 Å². The van der Waals surface area contributed by atoms with Crippen molar-refractivity contribution in [2.24, 2.45) is 21.1 Å². The number of imidazole rings is 1. The zero-order chi connectivity index (χ0) is 17.7. The number of rotatable bonds is 2. The molecular weight excluding hydrogens is 324 g/mol. The average Bonchev–Trinajstić information content (AvgIpc) is 3.20. The lowest BCUT2D eigenvalue weighted by Crippen LogP contribution is -2.37. The Morgan fingerprint density at radius 2 is 1.76 bits per heavy atom. The van der Waals surface area contributed by atoms with Crippen LogP contribution in [0.3, 0.4) is 0 Å². The van der Waals surface area contributed by atoms with E-state index in [-0.39, 0.29) is 12.4 Å². The van der Waals surface area contributed by atoms with Crippen molar-refractivity contribution < 1.29 is 9.47 Å². The topological polar surface area (TPSA) is 80.3 Å². The molecule has 0 saturated heterocycles. The largest absolute Gasteiger partial charge is 0.454 e. The highest BCUT2D eigenvalue weighted by Crippen LogP contribution is 2.32. The van der Waals surface area contributed by atoms with Gasteiger partial charge in [0.15, 0.2) is 22.7 Å². The summed E-state index contributed by atoms with van der Waals surface area (Å²) in [6, 6.07) is 5.62. The van der Waals surface area contributed by atoms with E-state index in [9.17, 15) is 9.59 Å². The average molecular weight is 340 g/mol. The lowest BCUT2D eigenvalue weighted by atomic mass is 10.2. The van der Waals surface area contributed by atoms with Gasteiger partial charge in [-0.05, 0) is 23.8 Å². The van der Waals surface area contributed by atoms with Crippen molar-refractivity contribution >= 4 is 23.3 Å². The molecule has 0 N–H and O–H groups in total. The van der Waals surface area contributed by atoms with Crippen molar-refractivity contribution in [1.82, 2.24) is 18.7 Å². The number of hydrogen-bond donors (Lipinski definition) is 0. The van der Waals surface area contributed by atoms with E-state index in [0.717, 1.165) is 15.9 Å². The molecular formula is C17H16N4O4. The van der Waals surface area contributed by atoms with Crippen LogP contribution < -0.4 is 20.7 Å². The second kappa shape index (κ2) is 5.37.